The highest BCUT2D eigenvalue weighted by atomic mass is 19.1. The van der Waals surface area contributed by atoms with Crippen LogP contribution >= 0.6 is 0 Å². The van der Waals surface area contributed by atoms with Gasteiger partial charge in [-0.25, -0.2) is 8.78 Å². The van der Waals surface area contributed by atoms with Gasteiger partial charge in [0.25, 0.3) is 0 Å². The second kappa shape index (κ2) is 6.43. The van der Waals surface area contributed by atoms with E-state index in [2.05, 4.69) is 12.2 Å². The highest BCUT2D eigenvalue weighted by molar-refractivity contribution is 5.68. The van der Waals surface area contributed by atoms with E-state index in [-0.39, 0.29) is 5.56 Å². The van der Waals surface area contributed by atoms with Gasteiger partial charge in [0.15, 0.2) is 0 Å². The van der Waals surface area contributed by atoms with E-state index in [9.17, 15) is 8.78 Å². The van der Waals surface area contributed by atoms with E-state index < -0.39 is 11.6 Å². The van der Waals surface area contributed by atoms with E-state index in [1.807, 2.05) is 12.1 Å². The Hall–Kier alpha value is -1.74. The molecule has 2 rings (SSSR count). The lowest BCUT2D eigenvalue weighted by molar-refractivity contribution is 0.588. The van der Waals surface area contributed by atoms with Gasteiger partial charge in [0.2, 0.25) is 0 Å². The summed E-state index contributed by atoms with van der Waals surface area (Å²) in [6.07, 6.45) is 1.02. The normalized spacial score (nSPS) is 10.7. The second-order valence-electron chi connectivity index (χ2n) is 4.43. The predicted octanol–water partition coefficient (Wildman–Crippen LogP) is 4.13. The van der Waals surface area contributed by atoms with E-state index in [0.717, 1.165) is 18.5 Å². The van der Waals surface area contributed by atoms with Crippen molar-refractivity contribution < 1.29 is 8.78 Å². The molecule has 2 aromatic carbocycles. The minimum atomic E-state index is -0.525. The number of nitrogens with one attached hydrogen (secondary N) is 1. The zero-order chi connectivity index (χ0) is 13.7. The van der Waals surface area contributed by atoms with Gasteiger partial charge in [-0.15, -0.1) is 0 Å². The summed E-state index contributed by atoms with van der Waals surface area (Å²) in [6.45, 7) is 3.57. The van der Waals surface area contributed by atoms with Gasteiger partial charge in [0, 0.05) is 6.54 Å². The highest BCUT2D eigenvalue weighted by Gasteiger charge is 2.13. The summed E-state index contributed by atoms with van der Waals surface area (Å²) in [5.41, 5.74) is 1.57. The molecule has 0 aromatic heterocycles. The van der Waals surface area contributed by atoms with Crippen LogP contribution in [0.3, 0.4) is 0 Å². The molecule has 0 aliphatic carbocycles. The summed E-state index contributed by atoms with van der Waals surface area (Å²) in [5.74, 6) is -1.05. The molecule has 0 unspecified atom stereocenters. The van der Waals surface area contributed by atoms with Crippen molar-refractivity contribution in [3.8, 4) is 11.1 Å². The summed E-state index contributed by atoms with van der Waals surface area (Å²) in [7, 11) is 0. The zero-order valence-corrected chi connectivity index (χ0v) is 10.9. The minimum absolute atomic E-state index is 0.0522. The highest BCUT2D eigenvalue weighted by Crippen LogP contribution is 2.28. The number of rotatable bonds is 5. The fourth-order valence-electron chi connectivity index (χ4n) is 2.07. The smallest absolute Gasteiger partial charge is 0.133 e. The van der Waals surface area contributed by atoms with Gasteiger partial charge in [0.1, 0.15) is 11.6 Å². The average molecular weight is 261 g/mol. The lowest BCUT2D eigenvalue weighted by Crippen LogP contribution is -2.14. The Morgan fingerprint density at radius 1 is 0.947 bits per heavy atom. The lowest BCUT2D eigenvalue weighted by Gasteiger charge is -2.12. The third-order valence-electron chi connectivity index (χ3n) is 2.99. The third kappa shape index (κ3) is 3.18. The van der Waals surface area contributed by atoms with E-state index in [4.69, 9.17) is 0 Å². The molecule has 0 aliphatic rings. The van der Waals surface area contributed by atoms with Crippen LogP contribution in [0, 0.1) is 11.6 Å². The first-order valence-corrected chi connectivity index (χ1v) is 6.47. The minimum Gasteiger partial charge on any atom is -0.313 e. The topological polar surface area (TPSA) is 12.0 Å². The van der Waals surface area contributed by atoms with Crippen molar-refractivity contribution in [1.29, 1.82) is 0 Å². The van der Waals surface area contributed by atoms with Gasteiger partial charge in [-0.1, -0.05) is 37.3 Å². The van der Waals surface area contributed by atoms with Crippen LogP contribution < -0.4 is 5.32 Å². The molecule has 0 heterocycles. The molecule has 1 nitrogen and oxygen atoms in total. The largest absolute Gasteiger partial charge is 0.313 e. The van der Waals surface area contributed by atoms with Gasteiger partial charge in [-0.2, -0.15) is 0 Å². The van der Waals surface area contributed by atoms with Gasteiger partial charge in [-0.3, -0.25) is 0 Å². The molecular weight excluding hydrogens is 244 g/mol. The van der Waals surface area contributed by atoms with Crippen LogP contribution in [0.1, 0.15) is 18.9 Å². The van der Waals surface area contributed by atoms with Gasteiger partial charge >= 0.3 is 0 Å². The van der Waals surface area contributed by atoms with Crippen molar-refractivity contribution in [3.63, 3.8) is 0 Å². The van der Waals surface area contributed by atoms with Crippen LogP contribution in [-0.4, -0.2) is 6.54 Å². The Labute approximate surface area is 112 Å². The fourth-order valence-corrected chi connectivity index (χ4v) is 2.07. The lowest BCUT2D eigenvalue weighted by atomic mass is 9.98. The Morgan fingerprint density at radius 3 is 2.32 bits per heavy atom. The number of hydrogen-bond acceptors (Lipinski definition) is 1. The maximum absolute atomic E-state index is 13.8. The fraction of sp³-hybridized carbons (Fsp3) is 0.250. The van der Waals surface area contributed by atoms with E-state index in [1.54, 1.807) is 12.1 Å². The van der Waals surface area contributed by atoms with E-state index in [0.29, 0.717) is 12.1 Å². The molecule has 0 aliphatic heterocycles. The second-order valence-corrected chi connectivity index (χ2v) is 4.43. The first-order valence-electron chi connectivity index (χ1n) is 6.47. The maximum Gasteiger partial charge on any atom is 0.133 e. The molecule has 0 saturated heterocycles. The molecular formula is C16H17F2N. The van der Waals surface area contributed by atoms with Gasteiger partial charge in [-0.05, 0) is 36.2 Å². The average Bonchev–Trinajstić information content (AvgIpc) is 2.40. The molecule has 2 aromatic rings. The van der Waals surface area contributed by atoms with Crippen LogP contribution in [0.2, 0.25) is 0 Å². The zero-order valence-electron chi connectivity index (χ0n) is 10.9. The Kier molecular flexibility index (Phi) is 4.63. The summed E-state index contributed by atoms with van der Waals surface area (Å²) >= 11 is 0. The quantitative estimate of drug-likeness (QED) is 0.798. The third-order valence-corrected chi connectivity index (χ3v) is 2.99. The van der Waals surface area contributed by atoms with Crippen molar-refractivity contribution in [2.45, 2.75) is 19.9 Å². The molecule has 0 saturated carbocycles. The van der Waals surface area contributed by atoms with Crippen LogP contribution in [-0.2, 0) is 6.54 Å². The van der Waals surface area contributed by atoms with Crippen molar-refractivity contribution in [1.82, 2.24) is 5.32 Å². The molecule has 1 N–H and O–H groups in total. The Bertz CT molecular complexity index is 532. The molecule has 0 bridgehead atoms. The molecule has 19 heavy (non-hydrogen) atoms. The van der Waals surface area contributed by atoms with Crippen LogP contribution in [0.15, 0.2) is 42.5 Å². The van der Waals surface area contributed by atoms with Gasteiger partial charge in [0.05, 0.1) is 5.56 Å². The Morgan fingerprint density at radius 2 is 1.63 bits per heavy atom. The van der Waals surface area contributed by atoms with Crippen LogP contribution in [0.4, 0.5) is 8.78 Å². The SMILES string of the molecule is CCCNCc1ccccc1-c1c(F)cccc1F. The molecule has 0 spiro atoms. The summed E-state index contributed by atoms with van der Waals surface area (Å²) < 4.78 is 27.7. The maximum atomic E-state index is 13.8. The van der Waals surface area contributed by atoms with Gasteiger partial charge < -0.3 is 5.32 Å². The molecule has 100 valence electrons. The van der Waals surface area contributed by atoms with Crippen LogP contribution in [0.5, 0.6) is 0 Å². The Balaban J connectivity index is 2.39. The van der Waals surface area contributed by atoms with Crippen molar-refractivity contribution in [3.05, 3.63) is 59.7 Å². The summed E-state index contributed by atoms with van der Waals surface area (Å²) in [5, 5.41) is 3.26. The molecule has 0 fully saturated rings. The monoisotopic (exact) mass is 261 g/mol. The first kappa shape index (κ1) is 13.7. The van der Waals surface area contributed by atoms with Crippen molar-refractivity contribution in [2.75, 3.05) is 6.54 Å². The summed E-state index contributed by atoms with van der Waals surface area (Å²) in [4.78, 5) is 0. The van der Waals surface area contributed by atoms with E-state index in [1.165, 1.54) is 18.2 Å². The number of halogens is 2. The molecule has 0 atom stereocenters. The van der Waals surface area contributed by atoms with Crippen LogP contribution in [0.25, 0.3) is 11.1 Å². The number of benzene rings is 2. The standard InChI is InChI=1S/C16H17F2N/c1-2-10-19-11-12-6-3-4-7-13(12)16-14(17)8-5-9-15(16)18/h3-9,19H,2,10-11H2,1H3. The molecule has 0 radical (unpaired) electrons. The van der Waals surface area contributed by atoms with Crippen molar-refractivity contribution in [2.24, 2.45) is 0 Å². The van der Waals surface area contributed by atoms with E-state index >= 15 is 0 Å². The molecule has 3 heteroatoms. The predicted molar refractivity (Wildman–Crippen MR) is 73.8 cm³/mol. The number of hydrogen-bond donors (Lipinski definition) is 1. The summed E-state index contributed by atoms with van der Waals surface area (Å²) in [6, 6.07) is 11.3. The first-order chi connectivity index (χ1) is 9.24. The molecule has 0 amide bonds. The van der Waals surface area contributed by atoms with Crippen molar-refractivity contribution >= 4 is 0 Å².